The van der Waals surface area contributed by atoms with Gasteiger partial charge in [-0.3, -0.25) is 0 Å². The predicted molar refractivity (Wildman–Crippen MR) is 137 cm³/mol. The summed E-state index contributed by atoms with van der Waals surface area (Å²) in [6, 6.07) is 16.7. The van der Waals surface area contributed by atoms with Crippen molar-refractivity contribution in [3.05, 3.63) is 78.2 Å². The van der Waals surface area contributed by atoms with Crippen LogP contribution in [0.2, 0.25) is 0 Å². The fourth-order valence-corrected chi connectivity index (χ4v) is 4.62. The lowest BCUT2D eigenvalue weighted by molar-refractivity contribution is -0.209. The highest BCUT2D eigenvalue weighted by molar-refractivity contribution is 5.92. The van der Waals surface area contributed by atoms with Gasteiger partial charge in [0.15, 0.2) is 0 Å². The van der Waals surface area contributed by atoms with E-state index in [1.54, 1.807) is 44.0 Å². The monoisotopic (exact) mass is 531 g/mol. The van der Waals surface area contributed by atoms with Gasteiger partial charge in [0.05, 0.1) is 37.2 Å². The second kappa shape index (κ2) is 10.5. The fraction of sp³-hybridized carbons (Fsp3) is 0.321. The fourth-order valence-electron chi connectivity index (χ4n) is 4.62. The van der Waals surface area contributed by atoms with Crippen molar-refractivity contribution in [3.63, 3.8) is 0 Å². The van der Waals surface area contributed by atoms with Gasteiger partial charge in [-0.1, -0.05) is 13.0 Å². The number of rotatable bonds is 9. The van der Waals surface area contributed by atoms with Crippen molar-refractivity contribution in [1.29, 1.82) is 0 Å². The summed E-state index contributed by atoms with van der Waals surface area (Å²) >= 11 is 0. The number of benzene rings is 3. The maximum absolute atomic E-state index is 14.4. The van der Waals surface area contributed by atoms with E-state index in [4.69, 9.17) is 9.47 Å². The summed E-state index contributed by atoms with van der Waals surface area (Å²) in [5.74, 6) is -0.386. The zero-order valence-electron chi connectivity index (χ0n) is 21.4. The number of hydrogen-bond acceptors (Lipinski definition) is 5. The van der Waals surface area contributed by atoms with E-state index in [2.05, 4.69) is 10.4 Å². The van der Waals surface area contributed by atoms with Crippen LogP contribution in [0.5, 0.6) is 11.5 Å². The summed E-state index contributed by atoms with van der Waals surface area (Å²) in [6.07, 6.45) is -6.30. The number of alkyl halides is 3. The van der Waals surface area contributed by atoms with Crippen LogP contribution in [-0.4, -0.2) is 41.4 Å². The second-order valence-electron chi connectivity index (χ2n) is 9.36. The van der Waals surface area contributed by atoms with Gasteiger partial charge in [-0.25, -0.2) is 9.07 Å². The molecule has 1 heterocycles. The van der Waals surface area contributed by atoms with Gasteiger partial charge in [0.2, 0.25) is 0 Å². The Balaban J connectivity index is 1.81. The van der Waals surface area contributed by atoms with Gasteiger partial charge >= 0.3 is 6.18 Å². The average Bonchev–Trinajstić information content (AvgIpc) is 3.33. The largest absolute Gasteiger partial charge is 0.497 e. The Hall–Kier alpha value is -3.79. The molecule has 0 saturated heterocycles. The molecule has 3 unspecified atom stereocenters. The quantitative estimate of drug-likeness (QED) is 0.243. The van der Waals surface area contributed by atoms with Crippen molar-refractivity contribution < 1.29 is 32.1 Å². The van der Waals surface area contributed by atoms with Gasteiger partial charge in [-0.15, -0.1) is 0 Å². The van der Waals surface area contributed by atoms with E-state index in [-0.39, 0.29) is 0 Å². The van der Waals surface area contributed by atoms with Crippen LogP contribution in [0.3, 0.4) is 0 Å². The maximum atomic E-state index is 14.4. The van der Waals surface area contributed by atoms with Crippen molar-refractivity contribution in [2.45, 2.75) is 38.1 Å². The minimum Gasteiger partial charge on any atom is -0.497 e. The van der Waals surface area contributed by atoms with Gasteiger partial charge in [0.1, 0.15) is 23.4 Å². The van der Waals surface area contributed by atoms with E-state index < -0.39 is 36.0 Å². The number of hydrogen-bond donors (Lipinski definition) is 2. The molecule has 2 N–H and O–H groups in total. The smallest absolute Gasteiger partial charge is 0.414 e. The molecule has 0 aliphatic carbocycles. The van der Waals surface area contributed by atoms with Crippen LogP contribution in [0.15, 0.2) is 66.9 Å². The first-order valence-electron chi connectivity index (χ1n) is 12.0. The molecule has 0 radical (unpaired) electrons. The van der Waals surface area contributed by atoms with Crippen molar-refractivity contribution in [3.8, 4) is 17.2 Å². The Kier molecular flexibility index (Phi) is 7.55. The molecular weight excluding hydrogens is 502 g/mol. The number of aliphatic hydroxyl groups excluding tert-OH is 1. The molecule has 10 heteroatoms. The van der Waals surface area contributed by atoms with Crippen LogP contribution in [0.1, 0.15) is 25.8 Å². The van der Waals surface area contributed by atoms with Crippen molar-refractivity contribution >= 4 is 16.6 Å². The van der Waals surface area contributed by atoms with E-state index in [0.717, 1.165) is 11.2 Å². The Morgan fingerprint density at radius 1 is 1.03 bits per heavy atom. The van der Waals surface area contributed by atoms with E-state index in [1.165, 1.54) is 25.3 Å². The molecule has 0 spiro atoms. The van der Waals surface area contributed by atoms with Gasteiger partial charge in [0, 0.05) is 16.6 Å². The van der Waals surface area contributed by atoms with Crippen molar-refractivity contribution in [2.24, 2.45) is 5.92 Å². The van der Waals surface area contributed by atoms with Crippen LogP contribution >= 0.6 is 0 Å². The highest BCUT2D eigenvalue weighted by atomic mass is 19.4. The minimum atomic E-state index is -4.79. The van der Waals surface area contributed by atoms with Gasteiger partial charge < -0.3 is 19.9 Å². The van der Waals surface area contributed by atoms with E-state index in [0.29, 0.717) is 28.1 Å². The lowest BCUT2D eigenvalue weighted by Crippen LogP contribution is -2.43. The van der Waals surface area contributed by atoms with E-state index in [1.807, 2.05) is 30.3 Å². The zero-order valence-corrected chi connectivity index (χ0v) is 21.4. The lowest BCUT2D eigenvalue weighted by Gasteiger charge is -2.40. The molecule has 202 valence electrons. The molecule has 0 fully saturated rings. The Morgan fingerprint density at radius 3 is 2.37 bits per heavy atom. The molecule has 4 rings (SSSR count). The number of aliphatic hydroxyl groups is 1. The third-order valence-corrected chi connectivity index (χ3v) is 6.99. The number of nitrogens with zero attached hydrogens (tertiary/aromatic N) is 2. The van der Waals surface area contributed by atoms with Gasteiger partial charge in [0.25, 0.3) is 0 Å². The third-order valence-electron chi connectivity index (χ3n) is 6.99. The first kappa shape index (κ1) is 27.3. The standard InChI is InChI=1S/C28H29F4N3O3/c1-17(14-26(36)28(30,31)32)27(2,22-15-18(29)8-13-25(22)38-4)34-23-6-5-7-24-21(23)16-33-35(24)19-9-11-20(37-3)12-10-19/h5-13,15-17,26,34,36H,14H2,1-4H3. The molecule has 0 aliphatic rings. The predicted octanol–water partition coefficient (Wildman–Crippen LogP) is 6.46. The number of halogens is 4. The van der Waals surface area contributed by atoms with Crippen LogP contribution in [-0.2, 0) is 5.54 Å². The Bertz CT molecular complexity index is 1400. The number of nitrogens with one attached hydrogen (secondary N) is 1. The zero-order chi connectivity index (χ0) is 27.7. The number of aromatic nitrogens is 2. The van der Waals surface area contributed by atoms with Gasteiger partial charge in [-0.2, -0.15) is 18.3 Å². The number of methoxy groups -OCH3 is 2. The molecule has 3 aromatic carbocycles. The highest BCUT2D eigenvalue weighted by Crippen LogP contribution is 2.43. The number of anilines is 1. The molecule has 6 nitrogen and oxygen atoms in total. The molecular formula is C28H29F4N3O3. The van der Waals surface area contributed by atoms with Gasteiger partial charge in [-0.05, 0) is 73.9 Å². The summed E-state index contributed by atoms with van der Waals surface area (Å²) in [5, 5.41) is 18.5. The third kappa shape index (κ3) is 5.26. The van der Waals surface area contributed by atoms with Crippen LogP contribution in [0, 0.1) is 11.7 Å². The first-order valence-corrected chi connectivity index (χ1v) is 12.0. The Morgan fingerprint density at radius 2 is 1.74 bits per heavy atom. The first-order chi connectivity index (χ1) is 18.0. The molecule has 0 amide bonds. The SMILES string of the molecule is COc1ccc(-n2ncc3c(NC(C)(c4cc(F)ccc4OC)C(C)CC(O)C(F)(F)F)cccc32)cc1. The summed E-state index contributed by atoms with van der Waals surface area (Å²) in [6.45, 7) is 3.25. The van der Waals surface area contributed by atoms with Crippen molar-refractivity contribution in [2.75, 3.05) is 19.5 Å². The van der Waals surface area contributed by atoms with E-state index >= 15 is 0 Å². The molecule has 4 aromatic rings. The molecule has 0 aliphatic heterocycles. The van der Waals surface area contributed by atoms with Crippen LogP contribution in [0.4, 0.5) is 23.2 Å². The molecule has 0 bridgehead atoms. The van der Waals surface area contributed by atoms with E-state index in [9.17, 15) is 22.7 Å². The highest BCUT2D eigenvalue weighted by Gasteiger charge is 2.44. The summed E-state index contributed by atoms with van der Waals surface area (Å²) in [7, 11) is 2.99. The topological polar surface area (TPSA) is 68.5 Å². The molecule has 0 saturated carbocycles. The average molecular weight is 532 g/mol. The second-order valence-corrected chi connectivity index (χ2v) is 9.36. The van der Waals surface area contributed by atoms with Crippen LogP contribution < -0.4 is 14.8 Å². The normalized spacial score (nSPS) is 15.1. The summed E-state index contributed by atoms with van der Waals surface area (Å²) in [5.41, 5.74) is 1.15. The van der Waals surface area contributed by atoms with Crippen LogP contribution in [0.25, 0.3) is 16.6 Å². The van der Waals surface area contributed by atoms with Crippen molar-refractivity contribution in [1.82, 2.24) is 9.78 Å². The Labute approximate surface area is 217 Å². The summed E-state index contributed by atoms with van der Waals surface area (Å²) in [4.78, 5) is 0. The summed E-state index contributed by atoms with van der Waals surface area (Å²) < 4.78 is 66.7. The molecule has 38 heavy (non-hydrogen) atoms. The minimum absolute atomic E-state index is 0.302. The number of ether oxygens (including phenoxy) is 2. The maximum Gasteiger partial charge on any atom is 0.414 e. The number of fused-ring (bicyclic) bond motifs is 1. The molecule has 3 atom stereocenters. The lowest BCUT2D eigenvalue weighted by atomic mass is 9.76. The molecule has 1 aromatic heterocycles.